The summed E-state index contributed by atoms with van der Waals surface area (Å²) < 4.78 is 0. The lowest BCUT2D eigenvalue weighted by Crippen LogP contribution is -2.36. The van der Waals surface area contributed by atoms with Crippen molar-refractivity contribution >= 4 is 0 Å². The molecule has 0 saturated heterocycles. The van der Waals surface area contributed by atoms with Gasteiger partial charge in [-0.05, 0) is 19.3 Å². The first-order valence-electron chi connectivity index (χ1n) is 9.95. The molecule has 0 spiro atoms. The molecule has 0 aromatic heterocycles. The van der Waals surface area contributed by atoms with E-state index in [9.17, 15) is 0 Å². The van der Waals surface area contributed by atoms with Crippen molar-refractivity contribution in [1.82, 2.24) is 9.80 Å². The van der Waals surface area contributed by atoms with Crippen LogP contribution in [0.3, 0.4) is 0 Å². The van der Waals surface area contributed by atoms with Crippen molar-refractivity contribution < 1.29 is 0 Å². The number of hydrogen-bond acceptors (Lipinski definition) is 2. The minimum atomic E-state index is 0.624. The van der Waals surface area contributed by atoms with Crippen LogP contribution in [-0.2, 0) is 0 Å². The van der Waals surface area contributed by atoms with Crippen molar-refractivity contribution in [2.75, 3.05) is 13.6 Å². The smallest absolute Gasteiger partial charge is 0.100 e. The zero-order chi connectivity index (χ0) is 16.0. The van der Waals surface area contributed by atoms with Crippen molar-refractivity contribution in [3.63, 3.8) is 0 Å². The summed E-state index contributed by atoms with van der Waals surface area (Å²) in [5.41, 5.74) is 0. The monoisotopic (exact) mass is 308 g/mol. The molecule has 130 valence electrons. The average molecular weight is 309 g/mol. The molecule has 0 aromatic rings. The van der Waals surface area contributed by atoms with Gasteiger partial charge in [-0.2, -0.15) is 0 Å². The fourth-order valence-electron chi connectivity index (χ4n) is 3.47. The van der Waals surface area contributed by atoms with Crippen LogP contribution in [0.5, 0.6) is 0 Å². The van der Waals surface area contributed by atoms with Crippen LogP contribution in [0.4, 0.5) is 0 Å². The van der Waals surface area contributed by atoms with Gasteiger partial charge in [0.2, 0.25) is 0 Å². The molecule has 22 heavy (non-hydrogen) atoms. The topological polar surface area (TPSA) is 6.48 Å². The van der Waals surface area contributed by atoms with Crippen LogP contribution in [-0.4, -0.2) is 29.6 Å². The fourth-order valence-corrected chi connectivity index (χ4v) is 3.47. The molecular formula is C20H40N2. The Morgan fingerprint density at radius 3 is 1.77 bits per heavy atom. The first kappa shape index (κ1) is 19.4. The summed E-state index contributed by atoms with van der Waals surface area (Å²) in [6.07, 6.45) is 23.5. The molecule has 1 unspecified atom stereocenters. The number of unbranched alkanes of at least 4 members (excludes halogenated alkanes) is 10. The molecule has 0 radical (unpaired) electrons. The molecule has 2 nitrogen and oxygen atoms in total. The van der Waals surface area contributed by atoms with Crippen LogP contribution < -0.4 is 0 Å². The van der Waals surface area contributed by atoms with Crippen molar-refractivity contribution in [1.29, 1.82) is 0 Å². The fraction of sp³-hybridized carbons (Fsp3) is 0.900. The Kier molecular flexibility index (Phi) is 11.3. The van der Waals surface area contributed by atoms with Gasteiger partial charge in [-0.1, -0.05) is 78.1 Å². The summed E-state index contributed by atoms with van der Waals surface area (Å²) in [4.78, 5) is 4.89. The molecule has 1 aliphatic heterocycles. The lowest BCUT2D eigenvalue weighted by Gasteiger charge is -2.30. The normalized spacial score (nSPS) is 17.7. The lowest BCUT2D eigenvalue weighted by molar-refractivity contribution is 0.161. The molecule has 0 bridgehead atoms. The van der Waals surface area contributed by atoms with Gasteiger partial charge in [0, 0.05) is 26.0 Å². The van der Waals surface area contributed by atoms with Gasteiger partial charge in [-0.3, -0.25) is 0 Å². The molecule has 2 heteroatoms. The number of hydrogen-bond donors (Lipinski definition) is 0. The first-order chi connectivity index (χ1) is 10.8. The van der Waals surface area contributed by atoms with E-state index in [4.69, 9.17) is 0 Å². The standard InChI is InChI=1S/C20H40N2/c1-4-6-7-8-9-10-11-12-13-14-15-16-20-21(3)18-19-22(20)17-5-2/h18-20H,4-17H2,1-3H3. The van der Waals surface area contributed by atoms with Gasteiger partial charge in [0.25, 0.3) is 0 Å². The van der Waals surface area contributed by atoms with Gasteiger partial charge in [-0.25, -0.2) is 0 Å². The lowest BCUT2D eigenvalue weighted by atomic mass is 10.0. The summed E-state index contributed by atoms with van der Waals surface area (Å²) >= 11 is 0. The molecule has 0 fully saturated rings. The average Bonchev–Trinajstić information content (AvgIpc) is 2.86. The molecular weight excluding hydrogens is 268 g/mol. The maximum absolute atomic E-state index is 2.51. The second-order valence-corrected chi connectivity index (χ2v) is 7.01. The predicted octanol–water partition coefficient (Wildman–Crippen LogP) is 6.14. The van der Waals surface area contributed by atoms with E-state index in [1.807, 2.05) is 0 Å². The summed E-state index contributed by atoms with van der Waals surface area (Å²) in [7, 11) is 2.22. The molecule has 0 aliphatic carbocycles. The predicted molar refractivity (Wildman–Crippen MR) is 98.8 cm³/mol. The quantitative estimate of drug-likeness (QED) is 0.355. The zero-order valence-electron chi connectivity index (χ0n) is 15.5. The Hall–Kier alpha value is -0.660. The second-order valence-electron chi connectivity index (χ2n) is 7.01. The third kappa shape index (κ3) is 8.10. The summed E-state index contributed by atoms with van der Waals surface area (Å²) in [5, 5.41) is 0. The van der Waals surface area contributed by atoms with Crippen LogP contribution in [0.2, 0.25) is 0 Å². The molecule has 0 aromatic carbocycles. The molecule has 0 N–H and O–H groups in total. The molecule has 1 rings (SSSR count). The third-order valence-corrected chi connectivity index (χ3v) is 4.89. The first-order valence-corrected chi connectivity index (χ1v) is 9.95. The van der Waals surface area contributed by atoms with Crippen LogP contribution in [0, 0.1) is 0 Å². The Morgan fingerprint density at radius 1 is 0.682 bits per heavy atom. The number of rotatable bonds is 14. The van der Waals surface area contributed by atoms with Gasteiger partial charge >= 0.3 is 0 Å². The second kappa shape index (κ2) is 12.8. The van der Waals surface area contributed by atoms with Gasteiger partial charge in [-0.15, -0.1) is 0 Å². The minimum absolute atomic E-state index is 0.624. The highest BCUT2D eigenvalue weighted by molar-refractivity contribution is 4.95. The van der Waals surface area contributed by atoms with Crippen LogP contribution in [0.15, 0.2) is 12.4 Å². The van der Waals surface area contributed by atoms with Gasteiger partial charge in [0.1, 0.15) is 6.17 Å². The molecule has 1 aliphatic rings. The highest BCUT2D eigenvalue weighted by Gasteiger charge is 2.21. The van der Waals surface area contributed by atoms with E-state index < -0.39 is 0 Å². The highest BCUT2D eigenvalue weighted by Crippen LogP contribution is 2.20. The Morgan fingerprint density at radius 2 is 1.23 bits per heavy atom. The van der Waals surface area contributed by atoms with Crippen molar-refractivity contribution in [2.24, 2.45) is 0 Å². The van der Waals surface area contributed by atoms with E-state index in [1.54, 1.807) is 0 Å². The zero-order valence-corrected chi connectivity index (χ0v) is 15.5. The van der Waals surface area contributed by atoms with Crippen molar-refractivity contribution in [2.45, 2.75) is 103 Å². The molecule has 1 heterocycles. The number of nitrogens with zero attached hydrogens (tertiary/aromatic N) is 2. The van der Waals surface area contributed by atoms with E-state index in [0.29, 0.717) is 6.17 Å². The maximum Gasteiger partial charge on any atom is 0.100 e. The van der Waals surface area contributed by atoms with Crippen LogP contribution in [0.1, 0.15) is 97.3 Å². The van der Waals surface area contributed by atoms with Crippen molar-refractivity contribution in [3.8, 4) is 0 Å². The van der Waals surface area contributed by atoms with Crippen molar-refractivity contribution in [3.05, 3.63) is 12.4 Å². The third-order valence-electron chi connectivity index (χ3n) is 4.89. The SMILES string of the molecule is CCCCCCCCCCCCCC1N(C)C=CN1CCC. The Balaban J connectivity index is 1.91. The van der Waals surface area contributed by atoms with E-state index in [1.165, 1.54) is 90.0 Å². The van der Waals surface area contributed by atoms with E-state index in [2.05, 4.69) is 43.1 Å². The summed E-state index contributed by atoms with van der Waals surface area (Å²) in [6, 6.07) is 0. The van der Waals surface area contributed by atoms with E-state index in [-0.39, 0.29) is 0 Å². The maximum atomic E-state index is 2.51. The highest BCUT2D eigenvalue weighted by atomic mass is 15.4. The van der Waals surface area contributed by atoms with E-state index in [0.717, 1.165) is 0 Å². The minimum Gasteiger partial charge on any atom is -0.359 e. The van der Waals surface area contributed by atoms with Crippen LogP contribution >= 0.6 is 0 Å². The van der Waals surface area contributed by atoms with Gasteiger partial charge in [0.05, 0.1) is 0 Å². The van der Waals surface area contributed by atoms with Gasteiger partial charge < -0.3 is 9.80 Å². The Labute approximate surface area is 139 Å². The molecule has 0 saturated carbocycles. The molecule has 1 atom stereocenters. The van der Waals surface area contributed by atoms with Gasteiger partial charge in [0.15, 0.2) is 0 Å². The summed E-state index contributed by atoms with van der Waals surface area (Å²) in [6.45, 7) is 5.76. The largest absolute Gasteiger partial charge is 0.359 e. The van der Waals surface area contributed by atoms with Crippen LogP contribution in [0.25, 0.3) is 0 Å². The summed E-state index contributed by atoms with van der Waals surface area (Å²) in [5.74, 6) is 0. The molecule has 0 amide bonds. The van der Waals surface area contributed by atoms with E-state index >= 15 is 0 Å². The Bertz CT molecular complexity index is 275.